The van der Waals surface area contributed by atoms with Crippen LogP contribution in [-0.2, 0) is 0 Å². The Morgan fingerprint density at radius 2 is 1.50 bits per heavy atom. The fourth-order valence-electron chi connectivity index (χ4n) is 2.75. The molecule has 0 aliphatic heterocycles. The smallest absolute Gasteiger partial charge is 0.0840 e. The van der Waals surface area contributed by atoms with Crippen LogP contribution < -0.4 is 0 Å². The molecule has 0 bridgehead atoms. The second-order valence-corrected chi connectivity index (χ2v) is 13.8. The maximum absolute atomic E-state index is 10.1. The van der Waals surface area contributed by atoms with Crippen LogP contribution in [0.15, 0.2) is 36.5 Å². The summed E-state index contributed by atoms with van der Waals surface area (Å²) in [5, 5.41) is 20.0. The minimum absolute atomic E-state index is 0.168. The van der Waals surface area contributed by atoms with Crippen LogP contribution in [-0.4, -0.2) is 30.5 Å². The Morgan fingerprint density at radius 3 is 1.91 bits per heavy atom. The average Bonchev–Trinajstić information content (AvgIpc) is 2.42. The van der Waals surface area contributed by atoms with E-state index in [0.29, 0.717) is 12.3 Å². The van der Waals surface area contributed by atoms with Crippen molar-refractivity contribution in [3.05, 3.63) is 36.5 Å². The van der Waals surface area contributed by atoms with E-state index >= 15 is 0 Å². The van der Waals surface area contributed by atoms with Gasteiger partial charge in [-0.25, -0.2) is 0 Å². The van der Waals surface area contributed by atoms with Gasteiger partial charge in [0.05, 0.1) is 20.3 Å². The van der Waals surface area contributed by atoms with Gasteiger partial charge >= 0.3 is 0 Å². The zero-order chi connectivity index (χ0) is 17.0. The van der Waals surface area contributed by atoms with Crippen molar-refractivity contribution in [2.75, 3.05) is 0 Å². The molecule has 0 saturated carbocycles. The number of allylic oxidation sites excluding steroid dienone is 4. The van der Waals surface area contributed by atoms with Crippen molar-refractivity contribution in [2.24, 2.45) is 5.92 Å². The Bertz CT molecular complexity index is 417. The molecule has 3 atom stereocenters. The average molecular weight is 323 g/mol. The van der Waals surface area contributed by atoms with Crippen molar-refractivity contribution in [1.29, 1.82) is 0 Å². The zero-order valence-electron chi connectivity index (χ0n) is 15.1. The molecule has 2 N–H and O–H groups in total. The summed E-state index contributed by atoms with van der Waals surface area (Å²) in [7, 11) is -1.61. The Hall–Kier alpha value is -0.643. The first-order valence-corrected chi connectivity index (χ1v) is 11.5. The molecular formula is C19H34O2Si. The molecule has 2 nitrogen and oxygen atoms in total. The van der Waals surface area contributed by atoms with E-state index in [1.54, 1.807) is 0 Å². The molecule has 0 radical (unpaired) electrons. The SMILES string of the molecule is CC(C)(C)[Si](C)(C)[C@H]1C=CC[C@H](O)[C@@H]1O.CC1C=CCC=C1. The van der Waals surface area contributed by atoms with Crippen LogP contribution in [0, 0.1) is 5.92 Å². The van der Waals surface area contributed by atoms with Crippen molar-refractivity contribution >= 4 is 8.07 Å². The highest BCUT2D eigenvalue weighted by Crippen LogP contribution is 2.47. The number of hydrogen-bond donors (Lipinski definition) is 2. The number of aliphatic hydroxyl groups is 2. The van der Waals surface area contributed by atoms with E-state index in [4.69, 9.17) is 0 Å². The van der Waals surface area contributed by atoms with Gasteiger partial charge in [0.25, 0.3) is 0 Å². The zero-order valence-corrected chi connectivity index (χ0v) is 16.1. The van der Waals surface area contributed by atoms with Gasteiger partial charge < -0.3 is 10.2 Å². The number of hydrogen-bond acceptors (Lipinski definition) is 2. The maximum atomic E-state index is 10.1. The highest BCUT2D eigenvalue weighted by molar-refractivity contribution is 6.82. The minimum Gasteiger partial charge on any atom is -0.390 e. The summed E-state index contributed by atoms with van der Waals surface area (Å²) in [5.41, 5.74) is 0.168. The Balaban J connectivity index is 0.000000287. The van der Waals surface area contributed by atoms with Crippen LogP contribution in [0.4, 0.5) is 0 Å². The van der Waals surface area contributed by atoms with Crippen molar-refractivity contribution < 1.29 is 10.2 Å². The third-order valence-corrected chi connectivity index (χ3v) is 11.5. The lowest BCUT2D eigenvalue weighted by molar-refractivity contribution is 0.0176. The first-order chi connectivity index (χ1) is 10.1. The van der Waals surface area contributed by atoms with E-state index in [2.05, 4.69) is 71.2 Å². The summed E-state index contributed by atoms with van der Waals surface area (Å²) in [6.07, 6.45) is 13.5. The van der Waals surface area contributed by atoms with Crippen LogP contribution in [0.3, 0.4) is 0 Å². The highest BCUT2D eigenvalue weighted by Gasteiger charge is 2.46. The minimum atomic E-state index is -1.61. The predicted octanol–water partition coefficient (Wildman–Crippen LogP) is 4.69. The van der Waals surface area contributed by atoms with E-state index in [1.165, 1.54) is 0 Å². The van der Waals surface area contributed by atoms with Crippen LogP contribution >= 0.6 is 0 Å². The van der Waals surface area contributed by atoms with Gasteiger partial charge in [-0.1, -0.05) is 77.2 Å². The quantitative estimate of drug-likeness (QED) is 0.543. The third kappa shape index (κ3) is 4.93. The number of rotatable bonds is 1. The van der Waals surface area contributed by atoms with Gasteiger partial charge in [-0.3, -0.25) is 0 Å². The van der Waals surface area contributed by atoms with Crippen LogP contribution in [0.25, 0.3) is 0 Å². The summed E-state index contributed by atoms with van der Waals surface area (Å²) < 4.78 is 0. The highest BCUT2D eigenvalue weighted by atomic mass is 28.3. The van der Waals surface area contributed by atoms with Crippen LogP contribution in [0.2, 0.25) is 23.7 Å². The van der Waals surface area contributed by atoms with E-state index in [9.17, 15) is 10.2 Å². The summed E-state index contributed by atoms with van der Waals surface area (Å²) in [5.74, 6) is 0.675. The van der Waals surface area contributed by atoms with Gasteiger partial charge in [0.15, 0.2) is 0 Å². The van der Waals surface area contributed by atoms with Gasteiger partial charge in [0.1, 0.15) is 0 Å². The molecule has 0 heterocycles. The lowest BCUT2D eigenvalue weighted by atomic mass is 10.0. The third-order valence-electron chi connectivity index (χ3n) is 5.40. The van der Waals surface area contributed by atoms with E-state index in [0.717, 1.165) is 6.42 Å². The monoisotopic (exact) mass is 322 g/mol. The molecule has 126 valence electrons. The normalized spacial score (nSPS) is 29.2. The van der Waals surface area contributed by atoms with E-state index < -0.39 is 20.3 Å². The lowest BCUT2D eigenvalue weighted by Crippen LogP contribution is -2.50. The summed E-state index contributed by atoms with van der Waals surface area (Å²) >= 11 is 0. The van der Waals surface area contributed by atoms with Crippen molar-refractivity contribution in [1.82, 2.24) is 0 Å². The molecule has 0 aromatic rings. The van der Waals surface area contributed by atoms with Crippen molar-refractivity contribution in [2.45, 2.75) is 76.4 Å². The molecule has 0 unspecified atom stereocenters. The van der Waals surface area contributed by atoms with Gasteiger partial charge in [-0.15, -0.1) is 0 Å². The molecule has 0 aromatic heterocycles. The summed E-state index contributed by atoms with van der Waals surface area (Å²) in [6.45, 7) is 13.5. The molecular weight excluding hydrogens is 288 g/mol. The fraction of sp³-hybridized carbons (Fsp3) is 0.684. The van der Waals surface area contributed by atoms with Crippen molar-refractivity contribution in [3.63, 3.8) is 0 Å². The van der Waals surface area contributed by atoms with Crippen LogP contribution in [0.5, 0.6) is 0 Å². The molecule has 2 rings (SSSR count). The Labute approximate surface area is 137 Å². The van der Waals surface area contributed by atoms with Gasteiger partial charge in [-0.05, 0) is 23.8 Å². The molecule has 0 saturated heterocycles. The van der Waals surface area contributed by atoms with Gasteiger partial charge in [-0.2, -0.15) is 0 Å². The Morgan fingerprint density at radius 1 is 0.955 bits per heavy atom. The summed E-state index contributed by atoms with van der Waals surface area (Å²) in [6, 6.07) is 0. The predicted molar refractivity (Wildman–Crippen MR) is 98.8 cm³/mol. The standard InChI is InChI=1S/C12H24O2Si.C7H10/c1-12(2,3)15(4,5)10-8-6-7-9(13)11(10)14;1-7-5-3-2-4-6-7/h6,8-11,13-14H,7H2,1-5H3;3-7H,2H2,1H3/t9-,10-,11-;/m0./s1. The second kappa shape index (κ2) is 7.76. The van der Waals surface area contributed by atoms with Crippen molar-refractivity contribution in [3.8, 4) is 0 Å². The molecule has 0 amide bonds. The molecule has 3 heteroatoms. The molecule has 22 heavy (non-hydrogen) atoms. The van der Waals surface area contributed by atoms with Gasteiger partial charge in [0, 0.05) is 5.54 Å². The number of aliphatic hydroxyl groups excluding tert-OH is 2. The largest absolute Gasteiger partial charge is 0.390 e. The molecule has 2 aliphatic rings. The maximum Gasteiger partial charge on any atom is 0.0840 e. The molecule has 0 spiro atoms. The van der Waals surface area contributed by atoms with Gasteiger partial charge in [0.2, 0.25) is 0 Å². The molecule has 0 fully saturated rings. The van der Waals surface area contributed by atoms with Crippen LogP contribution in [0.1, 0.15) is 40.5 Å². The first-order valence-electron chi connectivity index (χ1n) is 8.43. The first kappa shape index (κ1) is 19.4. The van der Waals surface area contributed by atoms with E-state index in [-0.39, 0.29) is 10.6 Å². The second-order valence-electron chi connectivity index (χ2n) is 8.17. The van der Waals surface area contributed by atoms with E-state index in [1.807, 2.05) is 6.08 Å². The summed E-state index contributed by atoms with van der Waals surface area (Å²) in [4.78, 5) is 0. The Kier molecular flexibility index (Phi) is 6.84. The molecule has 0 aromatic carbocycles. The lowest BCUT2D eigenvalue weighted by Gasteiger charge is -2.46. The topological polar surface area (TPSA) is 40.5 Å². The fourth-order valence-corrected chi connectivity index (χ4v) is 5.45. The molecule has 2 aliphatic carbocycles.